The van der Waals surface area contributed by atoms with E-state index < -0.39 is 21.8 Å². The van der Waals surface area contributed by atoms with Crippen LogP contribution >= 0.6 is 0 Å². The average Bonchev–Trinajstić information content (AvgIpc) is 2.61. The van der Waals surface area contributed by atoms with Gasteiger partial charge >= 0.3 is 6.18 Å². The first-order chi connectivity index (χ1) is 12.2. The number of rotatable bonds is 4. The van der Waals surface area contributed by atoms with Gasteiger partial charge in [-0.25, -0.2) is 8.42 Å². The molecule has 0 radical (unpaired) electrons. The van der Waals surface area contributed by atoms with Gasteiger partial charge in [-0.2, -0.15) is 13.2 Å². The Labute approximate surface area is 149 Å². The number of hydrogen-bond donors (Lipinski definition) is 0. The van der Waals surface area contributed by atoms with E-state index >= 15 is 0 Å². The fourth-order valence-electron chi connectivity index (χ4n) is 2.64. The predicted octanol–water partition coefficient (Wildman–Crippen LogP) is 3.69. The third-order valence-corrected chi connectivity index (χ3v) is 5.75. The van der Waals surface area contributed by atoms with E-state index in [0.717, 1.165) is 16.4 Å². The van der Waals surface area contributed by atoms with Crippen molar-refractivity contribution < 1.29 is 31.1 Å². The third-order valence-electron chi connectivity index (χ3n) is 3.85. The molecule has 1 heterocycles. The van der Waals surface area contributed by atoms with Crippen LogP contribution < -0.4 is 13.8 Å². The fourth-order valence-corrected chi connectivity index (χ4v) is 4.12. The van der Waals surface area contributed by atoms with Crippen LogP contribution in [0, 0.1) is 0 Å². The highest BCUT2D eigenvalue weighted by Gasteiger charge is 2.32. The standard InChI is InChI=1S/C17H16F3NO4S/c1-2-21(13-5-3-4-12(10-13)17(18,19)20)26(22,23)14-6-7-15-16(11-14)25-9-8-24-15/h3-7,10-11H,2,8-9H2,1H3. The summed E-state index contributed by atoms with van der Waals surface area (Å²) in [4.78, 5) is -0.0824. The summed E-state index contributed by atoms with van der Waals surface area (Å²) >= 11 is 0. The molecule has 0 aromatic heterocycles. The van der Waals surface area contributed by atoms with Gasteiger partial charge in [0.05, 0.1) is 16.1 Å². The maximum Gasteiger partial charge on any atom is 0.416 e. The average molecular weight is 387 g/mol. The minimum atomic E-state index is -4.56. The summed E-state index contributed by atoms with van der Waals surface area (Å²) in [6, 6.07) is 8.36. The third kappa shape index (κ3) is 3.44. The van der Waals surface area contributed by atoms with Crippen molar-refractivity contribution in [2.24, 2.45) is 0 Å². The summed E-state index contributed by atoms with van der Waals surface area (Å²) in [5.41, 5.74) is -0.969. The molecule has 26 heavy (non-hydrogen) atoms. The Bertz CT molecular complexity index is 912. The lowest BCUT2D eigenvalue weighted by atomic mass is 10.2. The van der Waals surface area contributed by atoms with Gasteiger partial charge in [0.2, 0.25) is 0 Å². The van der Waals surface area contributed by atoms with Crippen LogP contribution in [-0.2, 0) is 16.2 Å². The van der Waals surface area contributed by atoms with E-state index in [1.165, 1.54) is 30.3 Å². The molecule has 0 amide bonds. The van der Waals surface area contributed by atoms with Crippen LogP contribution in [0.2, 0.25) is 0 Å². The molecule has 0 bridgehead atoms. The second-order valence-electron chi connectivity index (χ2n) is 5.52. The largest absolute Gasteiger partial charge is 0.486 e. The molecule has 1 aliphatic heterocycles. The number of nitrogens with zero attached hydrogens (tertiary/aromatic N) is 1. The number of benzene rings is 2. The molecular formula is C17H16F3NO4S. The van der Waals surface area contributed by atoms with Crippen molar-refractivity contribution in [1.29, 1.82) is 0 Å². The van der Waals surface area contributed by atoms with E-state index in [4.69, 9.17) is 9.47 Å². The zero-order valence-corrected chi connectivity index (χ0v) is 14.6. The number of hydrogen-bond acceptors (Lipinski definition) is 4. The van der Waals surface area contributed by atoms with Crippen LogP contribution in [0.3, 0.4) is 0 Å². The Morgan fingerprint density at radius 2 is 1.73 bits per heavy atom. The highest BCUT2D eigenvalue weighted by atomic mass is 32.2. The second kappa shape index (κ2) is 6.71. The molecule has 9 heteroatoms. The summed E-state index contributed by atoms with van der Waals surface area (Å²) in [6.07, 6.45) is -4.56. The fraction of sp³-hybridized carbons (Fsp3) is 0.294. The predicted molar refractivity (Wildman–Crippen MR) is 89.1 cm³/mol. The van der Waals surface area contributed by atoms with Crippen molar-refractivity contribution in [3.05, 3.63) is 48.0 Å². The summed E-state index contributed by atoms with van der Waals surface area (Å²) in [6.45, 7) is 2.18. The molecule has 5 nitrogen and oxygen atoms in total. The number of alkyl halides is 3. The van der Waals surface area contributed by atoms with Gasteiger partial charge in [0.1, 0.15) is 13.2 Å². The van der Waals surface area contributed by atoms with Crippen molar-refractivity contribution in [3.63, 3.8) is 0 Å². The van der Waals surface area contributed by atoms with Crippen LogP contribution in [0.25, 0.3) is 0 Å². The Morgan fingerprint density at radius 1 is 1.04 bits per heavy atom. The minimum Gasteiger partial charge on any atom is -0.486 e. The van der Waals surface area contributed by atoms with E-state index in [9.17, 15) is 21.6 Å². The molecule has 140 valence electrons. The van der Waals surface area contributed by atoms with Crippen LogP contribution in [0.1, 0.15) is 12.5 Å². The topological polar surface area (TPSA) is 55.8 Å². The molecule has 0 unspecified atom stereocenters. The molecule has 0 N–H and O–H groups in total. The van der Waals surface area contributed by atoms with Crippen molar-refractivity contribution in [3.8, 4) is 11.5 Å². The summed E-state index contributed by atoms with van der Waals surface area (Å²) in [7, 11) is -4.07. The summed E-state index contributed by atoms with van der Waals surface area (Å²) < 4.78 is 76.4. The normalized spacial score (nSPS) is 14.2. The maximum atomic E-state index is 13.0. The van der Waals surface area contributed by atoms with E-state index in [-0.39, 0.29) is 22.9 Å². The molecule has 3 rings (SSSR count). The van der Waals surface area contributed by atoms with Crippen molar-refractivity contribution in [1.82, 2.24) is 0 Å². The molecule has 0 atom stereocenters. The van der Waals surface area contributed by atoms with E-state index in [0.29, 0.717) is 19.0 Å². The molecule has 2 aromatic rings. The Balaban J connectivity index is 2.02. The molecule has 0 saturated heterocycles. The quantitative estimate of drug-likeness (QED) is 0.803. The molecule has 0 spiro atoms. The lowest BCUT2D eigenvalue weighted by Crippen LogP contribution is -2.31. The zero-order valence-electron chi connectivity index (χ0n) is 13.8. The highest BCUT2D eigenvalue weighted by molar-refractivity contribution is 7.92. The lowest BCUT2D eigenvalue weighted by Gasteiger charge is -2.25. The SMILES string of the molecule is CCN(c1cccc(C(F)(F)F)c1)S(=O)(=O)c1ccc2c(c1)OCCO2. The van der Waals surface area contributed by atoms with Crippen molar-refractivity contribution >= 4 is 15.7 Å². The van der Waals surface area contributed by atoms with Gasteiger partial charge in [-0.15, -0.1) is 0 Å². The molecule has 0 saturated carbocycles. The van der Waals surface area contributed by atoms with Gasteiger partial charge in [0, 0.05) is 12.6 Å². The molecule has 0 fully saturated rings. The summed E-state index contributed by atoms with van der Waals surface area (Å²) in [5.74, 6) is 0.717. The maximum absolute atomic E-state index is 13.0. The number of ether oxygens (including phenoxy) is 2. The van der Waals surface area contributed by atoms with E-state index in [1.807, 2.05) is 0 Å². The van der Waals surface area contributed by atoms with Crippen LogP contribution in [0.5, 0.6) is 11.5 Å². The molecule has 2 aromatic carbocycles. The van der Waals surface area contributed by atoms with Gasteiger partial charge in [-0.05, 0) is 37.3 Å². The smallest absolute Gasteiger partial charge is 0.416 e. The first-order valence-electron chi connectivity index (χ1n) is 7.83. The zero-order chi connectivity index (χ0) is 18.9. The highest BCUT2D eigenvalue weighted by Crippen LogP contribution is 2.36. The number of sulfonamides is 1. The van der Waals surface area contributed by atoms with Gasteiger partial charge in [-0.1, -0.05) is 6.07 Å². The first-order valence-corrected chi connectivity index (χ1v) is 9.27. The molecular weight excluding hydrogens is 371 g/mol. The minimum absolute atomic E-state index is 0.0297. The van der Waals surface area contributed by atoms with Crippen LogP contribution in [-0.4, -0.2) is 28.2 Å². The molecule has 0 aliphatic carbocycles. The Hall–Kier alpha value is -2.42. The van der Waals surface area contributed by atoms with Crippen molar-refractivity contribution in [2.75, 3.05) is 24.1 Å². The second-order valence-corrected chi connectivity index (χ2v) is 7.39. The van der Waals surface area contributed by atoms with Gasteiger partial charge in [0.15, 0.2) is 11.5 Å². The Kier molecular flexibility index (Phi) is 4.74. The number of anilines is 1. The Morgan fingerprint density at radius 3 is 2.38 bits per heavy atom. The van der Waals surface area contributed by atoms with Crippen molar-refractivity contribution in [2.45, 2.75) is 18.0 Å². The monoisotopic (exact) mass is 387 g/mol. The lowest BCUT2D eigenvalue weighted by molar-refractivity contribution is -0.137. The van der Waals surface area contributed by atoms with E-state index in [2.05, 4.69) is 0 Å². The number of halogens is 3. The molecule has 1 aliphatic rings. The van der Waals surface area contributed by atoms with E-state index in [1.54, 1.807) is 6.92 Å². The number of fused-ring (bicyclic) bond motifs is 1. The van der Waals surface area contributed by atoms with Gasteiger partial charge in [-0.3, -0.25) is 4.31 Å². The van der Waals surface area contributed by atoms with Gasteiger partial charge < -0.3 is 9.47 Å². The van der Waals surface area contributed by atoms with Gasteiger partial charge in [0.25, 0.3) is 10.0 Å². The van der Waals surface area contributed by atoms with Crippen LogP contribution in [0.4, 0.5) is 18.9 Å². The summed E-state index contributed by atoms with van der Waals surface area (Å²) in [5, 5.41) is 0. The first kappa shape index (κ1) is 18.4. The van der Waals surface area contributed by atoms with Crippen LogP contribution in [0.15, 0.2) is 47.4 Å².